The minimum atomic E-state index is -0.0329. The minimum Gasteiger partial charge on any atom is -0.380 e. The van der Waals surface area contributed by atoms with Gasteiger partial charge in [-0.15, -0.1) is 0 Å². The molecular formula is C14H24N4O. The van der Waals surface area contributed by atoms with Crippen molar-refractivity contribution < 1.29 is 4.79 Å². The Morgan fingerprint density at radius 1 is 1.47 bits per heavy atom. The second-order valence-corrected chi connectivity index (χ2v) is 5.75. The van der Waals surface area contributed by atoms with Crippen molar-refractivity contribution in [2.75, 3.05) is 12.4 Å². The predicted octanol–water partition coefficient (Wildman–Crippen LogP) is 1.87. The van der Waals surface area contributed by atoms with Crippen molar-refractivity contribution in [1.29, 1.82) is 0 Å². The highest BCUT2D eigenvalue weighted by molar-refractivity contribution is 5.75. The van der Waals surface area contributed by atoms with Gasteiger partial charge in [0.15, 0.2) is 0 Å². The second-order valence-electron chi connectivity index (χ2n) is 5.75. The zero-order valence-electron chi connectivity index (χ0n) is 12.0. The molecule has 3 unspecified atom stereocenters. The van der Waals surface area contributed by atoms with Crippen molar-refractivity contribution in [2.24, 2.45) is 11.8 Å². The smallest absolute Gasteiger partial charge is 0.241 e. The molecule has 0 radical (unpaired) electrons. The maximum Gasteiger partial charge on any atom is 0.241 e. The fraction of sp³-hybridized carbons (Fsp3) is 0.714. The fourth-order valence-electron chi connectivity index (χ4n) is 2.84. The summed E-state index contributed by atoms with van der Waals surface area (Å²) in [5.74, 6) is 1.49. The lowest BCUT2D eigenvalue weighted by atomic mass is 9.80. The Balaban J connectivity index is 1.91. The van der Waals surface area contributed by atoms with Crippen LogP contribution in [0.3, 0.4) is 0 Å². The fourth-order valence-corrected chi connectivity index (χ4v) is 2.84. The van der Waals surface area contributed by atoms with E-state index in [2.05, 4.69) is 29.6 Å². The summed E-state index contributed by atoms with van der Waals surface area (Å²) in [6.07, 6.45) is 7.48. The molecule has 2 rings (SSSR count). The number of carbonyl (C=O) groups excluding carboxylic acids is 1. The van der Waals surface area contributed by atoms with Crippen LogP contribution >= 0.6 is 0 Å². The molecule has 5 heteroatoms. The van der Waals surface area contributed by atoms with Crippen molar-refractivity contribution >= 4 is 11.6 Å². The molecule has 1 aliphatic carbocycles. The van der Waals surface area contributed by atoms with Gasteiger partial charge in [-0.25, -0.2) is 0 Å². The van der Waals surface area contributed by atoms with Crippen molar-refractivity contribution in [3.8, 4) is 0 Å². The molecule has 1 fully saturated rings. The molecule has 5 nitrogen and oxygen atoms in total. The first-order chi connectivity index (χ1) is 9.08. The number of likely N-dealkylation sites (N-methyl/N-ethyl adjacent to an activating group) is 1. The molecule has 0 aliphatic heterocycles. The molecule has 1 amide bonds. The van der Waals surface area contributed by atoms with E-state index in [0.29, 0.717) is 12.0 Å². The summed E-state index contributed by atoms with van der Waals surface area (Å²) < 4.78 is 1.66. The van der Waals surface area contributed by atoms with Crippen LogP contribution in [0.2, 0.25) is 0 Å². The Kier molecular flexibility index (Phi) is 4.45. The predicted molar refractivity (Wildman–Crippen MR) is 75.9 cm³/mol. The Labute approximate surface area is 114 Å². The largest absolute Gasteiger partial charge is 0.380 e. The Morgan fingerprint density at radius 2 is 2.26 bits per heavy atom. The number of nitrogens with one attached hydrogen (secondary N) is 2. The number of nitrogens with zero attached hydrogens (tertiary/aromatic N) is 2. The van der Waals surface area contributed by atoms with E-state index in [1.165, 1.54) is 19.3 Å². The first-order valence-corrected chi connectivity index (χ1v) is 7.08. The monoisotopic (exact) mass is 264 g/mol. The average molecular weight is 264 g/mol. The molecule has 1 aromatic rings. The zero-order valence-corrected chi connectivity index (χ0v) is 12.0. The number of hydrogen-bond donors (Lipinski definition) is 2. The molecule has 1 aliphatic rings. The Bertz CT molecular complexity index is 429. The van der Waals surface area contributed by atoms with Gasteiger partial charge in [0.25, 0.3) is 0 Å². The van der Waals surface area contributed by atoms with Gasteiger partial charge in [0.2, 0.25) is 5.91 Å². The van der Waals surface area contributed by atoms with Crippen LogP contribution in [0.5, 0.6) is 0 Å². The SMILES string of the molecule is CNC(=O)Cn1cc(NC2CCC(C)CC2C)cn1. The maximum absolute atomic E-state index is 11.3. The first-order valence-electron chi connectivity index (χ1n) is 7.08. The quantitative estimate of drug-likeness (QED) is 0.872. The van der Waals surface area contributed by atoms with Gasteiger partial charge in [0.1, 0.15) is 6.54 Å². The summed E-state index contributed by atoms with van der Waals surface area (Å²) in [6.45, 7) is 4.91. The molecule has 0 bridgehead atoms. The molecule has 3 atom stereocenters. The highest BCUT2D eigenvalue weighted by atomic mass is 16.1. The number of amides is 1. The third-order valence-corrected chi connectivity index (χ3v) is 4.00. The molecular weight excluding hydrogens is 240 g/mol. The van der Waals surface area contributed by atoms with E-state index in [1.54, 1.807) is 17.9 Å². The van der Waals surface area contributed by atoms with Gasteiger partial charge in [0.05, 0.1) is 11.9 Å². The first kappa shape index (κ1) is 13.9. The van der Waals surface area contributed by atoms with Crippen LogP contribution in [-0.2, 0) is 11.3 Å². The van der Waals surface area contributed by atoms with Gasteiger partial charge in [-0.2, -0.15) is 5.10 Å². The molecule has 0 saturated heterocycles. The van der Waals surface area contributed by atoms with Crippen LogP contribution < -0.4 is 10.6 Å². The van der Waals surface area contributed by atoms with Gasteiger partial charge in [-0.3, -0.25) is 9.48 Å². The number of carbonyl (C=O) groups is 1. The molecule has 1 saturated carbocycles. The van der Waals surface area contributed by atoms with Gasteiger partial charge >= 0.3 is 0 Å². The van der Waals surface area contributed by atoms with Crippen molar-refractivity contribution in [3.63, 3.8) is 0 Å². The number of anilines is 1. The third kappa shape index (κ3) is 3.72. The second kappa shape index (κ2) is 6.08. The topological polar surface area (TPSA) is 59.0 Å². The number of rotatable bonds is 4. The summed E-state index contributed by atoms with van der Waals surface area (Å²) in [5.41, 5.74) is 1.01. The standard InChI is InChI=1S/C14H24N4O/c1-10-4-5-13(11(2)6-10)17-12-7-16-18(8-12)9-14(19)15-3/h7-8,10-11,13,17H,4-6,9H2,1-3H3,(H,15,19). The van der Waals surface area contributed by atoms with Crippen LogP contribution in [0.4, 0.5) is 5.69 Å². The van der Waals surface area contributed by atoms with Gasteiger partial charge in [0, 0.05) is 19.3 Å². The lowest BCUT2D eigenvalue weighted by Crippen LogP contribution is -2.32. The van der Waals surface area contributed by atoms with E-state index in [-0.39, 0.29) is 12.5 Å². The van der Waals surface area contributed by atoms with Crippen LogP contribution in [0, 0.1) is 11.8 Å². The van der Waals surface area contributed by atoms with Crippen molar-refractivity contribution in [2.45, 2.75) is 45.7 Å². The van der Waals surface area contributed by atoms with Crippen LogP contribution in [-0.4, -0.2) is 28.8 Å². The maximum atomic E-state index is 11.3. The zero-order chi connectivity index (χ0) is 13.8. The van der Waals surface area contributed by atoms with Gasteiger partial charge in [-0.1, -0.05) is 13.8 Å². The average Bonchev–Trinajstić information content (AvgIpc) is 2.80. The van der Waals surface area contributed by atoms with E-state index in [9.17, 15) is 4.79 Å². The number of hydrogen-bond acceptors (Lipinski definition) is 3. The summed E-state index contributed by atoms with van der Waals surface area (Å²) in [7, 11) is 1.63. The highest BCUT2D eigenvalue weighted by Crippen LogP contribution is 2.30. The molecule has 0 spiro atoms. The lowest BCUT2D eigenvalue weighted by Gasteiger charge is -2.33. The minimum absolute atomic E-state index is 0.0329. The normalized spacial score (nSPS) is 27.0. The molecule has 106 valence electrons. The lowest BCUT2D eigenvalue weighted by molar-refractivity contribution is -0.121. The molecule has 0 aromatic carbocycles. The molecule has 1 aromatic heterocycles. The molecule has 2 N–H and O–H groups in total. The van der Waals surface area contributed by atoms with Crippen molar-refractivity contribution in [3.05, 3.63) is 12.4 Å². The Hall–Kier alpha value is -1.52. The Morgan fingerprint density at radius 3 is 2.95 bits per heavy atom. The van der Waals surface area contributed by atoms with Crippen LogP contribution in [0.15, 0.2) is 12.4 Å². The summed E-state index contributed by atoms with van der Waals surface area (Å²) in [4.78, 5) is 11.3. The van der Waals surface area contributed by atoms with Crippen LogP contribution in [0.25, 0.3) is 0 Å². The summed E-state index contributed by atoms with van der Waals surface area (Å²) >= 11 is 0. The van der Waals surface area contributed by atoms with Gasteiger partial charge < -0.3 is 10.6 Å². The highest BCUT2D eigenvalue weighted by Gasteiger charge is 2.25. The summed E-state index contributed by atoms with van der Waals surface area (Å²) in [5, 5.41) is 10.3. The van der Waals surface area contributed by atoms with E-state index in [1.807, 2.05) is 6.20 Å². The summed E-state index contributed by atoms with van der Waals surface area (Å²) in [6, 6.07) is 0.522. The third-order valence-electron chi connectivity index (χ3n) is 4.00. The van der Waals surface area contributed by atoms with Crippen LogP contribution in [0.1, 0.15) is 33.1 Å². The molecule has 19 heavy (non-hydrogen) atoms. The van der Waals surface area contributed by atoms with E-state index < -0.39 is 0 Å². The number of aromatic nitrogens is 2. The van der Waals surface area contributed by atoms with E-state index in [4.69, 9.17) is 0 Å². The van der Waals surface area contributed by atoms with E-state index in [0.717, 1.165) is 11.6 Å². The van der Waals surface area contributed by atoms with Gasteiger partial charge in [-0.05, 0) is 31.1 Å². The van der Waals surface area contributed by atoms with E-state index >= 15 is 0 Å². The van der Waals surface area contributed by atoms with Crippen molar-refractivity contribution in [1.82, 2.24) is 15.1 Å². The molecule has 1 heterocycles.